The smallest absolute Gasteiger partial charge is 0.153 e. The molecular weight excluding hydrogens is 498 g/mol. The van der Waals surface area contributed by atoms with Gasteiger partial charge in [0.15, 0.2) is 6.29 Å². The maximum Gasteiger partial charge on any atom is 0.153 e. The highest BCUT2D eigenvalue weighted by atomic mass is 35.5. The quantitative estimate of drug-likeness (QED) is 0.203. The summed E-state index contributed by atoms with van der Waals surface area (Å²) < 4.78 is 12.0. The summed E-state index contributed by atoms with van der Waals surface area (Å²) in [7, 11) is 0. The predicted octanol–water partition coefficient (Wildman–Crippen LogP) is 7.10. The molecule has 0 amide bonds. The second-order valence-electron chi connectivity index (χ2n) is 8.69. The molecule has 2 heterocycles. The number of aldehydes is 1. The highest BCUT2D eigenvalue weighted by Crippen LogP contribution is 2.34. The van der Waals surface area contributed by atoms with Crippen molar-refractivity contribution in [3.63, 3.8) is 0 Å². The van der Waals surface area contributed by atoms with Crippen LogP contribution in [0.25, 0.3) is 22.2 Å². The third kappa shape index (κ3) is 5.34. The van der Waals surface area contributed by atoms with Crippen LogP contribution in [0.2, 0.25) is 5.02 Å². The molecule has 0 N–H and O–H groups in total. The van der Waals surface area contributed by atoms with Crippen molar-refractivity contribution in [2.75, 3.05) is 0 Å². The van der Waals surface area contributed by atoms with E-state index in [0.29, 0.717) is 39.5 Å². The van der Waals surface area contributed by atoms with Crippen molar-refractivity contribution in [1.82, 2.24) is 9.97 Å². The summed E-state index contributed by atoms with van der Waals surface area (Å²) in [4.78, 5) is 20.5. The van der Waals surface area contributed by atoms with Crippen LogP contribution in [0, 0.1) is 18.3 Å². The number of carbonyl (C=O) groups excluding carboxylic acids is 1. The highest BCUT2D eigenvalue weighted by Gasteiger charge is 2.14. The monoisotopic (exact) mass is 519 g/mol. The summed E-state index contributed by atoms with van der Waals surface area (Å²) in [5.41, 5.74) is 6.32. The van der Waals surface area contributed by atoms with Gasteiger partial charge in [-0.2, -0.15) is 5.26 Å². The number of nitrogens with zero attached hydrogens (tertiary/aromatic N) is 3. The van der Waals surface area contributed by atoms with Gasteiger partial charge in [-0.15, -0.1) is 0 Å². The minimum Gasteiger partial charge on any atom is -0.488 e. The van der Waals surface area contributed by atoms with Gasteiger partial charge in [0.25, 0.3) is 0 Å². The third-order valence-electron chi connectivity index (χ3n) is 6.21. The van der Waals surface area contributed by atoms with E-state index in [4.69, 9.17) is 31.3 Å². The number of para-hydroxylation sites is 1. The first-order valence-electron chi connectivity index (χ1n) is 11.9. The number of aromatic nitrogens is 2. The van der Waals surface area contributed by atoms with Crippen molar-refractivity contribution in [2.24, 2.45) is 0 Å². The van der Waals surface area contributed by atoms with Gasteiger partial charge in [-0.05, 0) is 42.3 Å². The summed E-state index contributed by atoms with van der Waals surface area (Å²) in [5.74, 6) is 0.720. The zero-order valence-corrected chi connectivity index (χ0v) is 21.3. The minimum atomic E-state index is 0.129. The number of nitriles is 1. The molecule has 0 unspecified atom stereocenters. The van der Waals surface area contributed by atoms with Gasteiger partial charge in [-0.25, -0.2) is 4.98 Å². The van der Waals surface area contributed by atoms with E-state index in [1.54, 1.807) is 18.3 Å². The van der Waals surface area contributed by atoms with E-state index in [9.17, 15) is 4.79 Å². The van der Waals surface area contributed by atoms with Crippen LogP contribution in [-0.2, 0) is 13.2 Å². The van der Waals surface area contributed by atoms with Gasteiger partial charge in [0.1, 0.15) is 30.8 Å². The fourth-order valence-corrected chi connectivity index (χ4v) is 4.38. The first-order valence-corrected chi connectivity index (χ1v) is 12.3. The molecule has 5 aromatic rings. The maximum atomic E-state index is 11.6. The van der Waals surface area contributed by atoms with Crippen molar-refractivity contribution < 1.29 is 14.3 Å². The fraction of sp³-hybridized carbons (Fsp3) is 0.0968. The van der Waals surface area contributed by atoms with Crippen LogP contribution in [-0.4, -0.2) is 16.3 Å². The van der Waals surface area contributed by atoms with Crippen molar-refractivity contribution >= 4 is 28.8 Å². The molecule has 0 atom stereocenters. The zero-order chi connectivity index (χ0) is 26.5. The molecule has 0 saturated heterocycles. The normalized spacial score (nSPS) is 10.7. The molecule has 0 bridgehead atoms. The van der Waals surface area contributed by atoms with Crippen LogP contribution in [0.5, 0.6) is 11.5 Å². The van der Waals surface area contributed by atoms with Crippen molar-refractivity contribution in [1.29, 1.82) is 5.26 Å². The molecule has 5 rings (SSSR count). The van der Waals surface area contributed by atoms with Crippen LogP contribution in [0.1, 0.15) is 32.6 Å². The van der Waals surface area contributed by atoms with Crippen LogP contribution in [0.4, 0.5) is 0 Å². The van der Waals surface area contributed by atoms with Gasteiger partial charge in [-0.3, -0.25) is 9.78 Å². The highest BCUT2D eigenvalue weighted by molar-refractivity contribution is 6.32. The number of halogens is 1. The molecule has 7 heteroatoms. The number of rotatable bonds is 8. The molecule has 38 heavy (non-hydrogen) atoms. The van der Waals surface area contributed by atoms with E-state index in [0.717, 1.165) is 33.3 Å². The van der Waals surface area contributed by atoms with E-state index >= 15 is 0 Å². The fourth-order valence-electron chi connectivity index (χ4n) is 4.16. The molecular formula is C31H22ClN3O3. The summed E-state index contributed by atoms with van der Waals surface area (Å²) in [6.07, 6.45) is 3.76. The Morgan fingerprint density at radius 3 is 2.63 bits per heavy atom. The molecule has 2 aromatic heterocycles. The van der Waals surface area contributed by atoms with Gasteiger partial charge in [0, 0.05) is 35.0 Å². The van der Waals surface area contributed by atoms with E-state index < -0.39 is 0 Å². The van der Waals surface area contributed by atoms with Gasteiger partial charge in [0.2, 0.25) is 0 Å². The standard InChI is InChI=1S/C31H22ClN3O3/c1-20-24(6-4-7-26(20)29-10-9-23-5-2-3-8-28(23)35-29)19-38-31-13-30(25(17-36)12-27(31)32)37-18-22-11-21(14-33)15-34-16-22/h2-13,15-17H,18-19H2,1H3. The average molecular weight is 520 g/mol. The molecule has 0 fully saturated rings. The summed E-state index contributed by atoms with van der Waals surface area (Å²) in [5, 5.41) is 10.5. The molecule has 0 aliphatic rings. The largest absolute Gasteiger partial charge is 0.488 e. The number of fused-ring (bicyclic) bond motifs is 1. The number of pyridine rings is 2. The Bertz CT molecular complexity index is 1690. The molecule has 3 aromatic carbocycles. The average Bonchev–Trinajstić information content (AvgIpc) is 2.96. The van der Waals surface area contributed by atoms with Crippen molar-refractivity contribution in [2.45, 2.75) is 20.1 Å². The number of carbonyl (C=O) groups is 1. The first-order chi connectivity index (χ1) is 18.6. The molecule has 0 aliphatic heterocycles. The molecule has 186 valence electrons. The molecule has 0 radical (unpaired) electrons. The Morgan fingerprint density at radius 2 is 1.79 bits per heavy atom. The van der Waals surface area contributed by atoms with E-state index in [2.05, 4.69) is 11.1 Å². The van der Waals surface area contributed by atoms with Gasteiger partial charge in [0.05, 0.1) is 27.4 Å². The Morgan fingerprint density at radius 1 is 0.947 bits per heavy atom. The lowest BCUT2D eigenvalue weighted by Crippen LogP contribution is -2.03. The Hall–Kier alpha value is -4.73. The summed E-state index contributed by atoms with van der Waals surface area (Å²) in [6.45, 7) is 2.44. The first kappa shape index (κ1) is 24.9. The van der Waals surface area contributed by atoms with Crippen LogP contribution in [0.15, 0.2) is 85.2 Å². The molecule has 6 nitrogen and oxygen atoms in total. The topological polar surface area (TPSA) is 85.1 Å². The predicted molar refractivity (Wildman–Crippen MR) is 146 cm³/mol. The van der Waals surface area contributed by atoms with Crippen molar-refractivity contribution in [3.8, 4) is 28.8 Å². The zero-order valence-electron chi connectivity index (χ0n) is 20.5. The Balaban J connectivity index is 1.36. The lowest BCUT2D eigenvalue weighted by molar-refractivity contribution is 0.111. The van der Waals surface area contributed by atoms with Crippen LogP contribution >= 0.6 is 11.6 Å². The van der Waals surface area contributed by atoms with Gasteiger partial charge < -0.3 is 9.47 Å². The number of benzene rings is 3. The number of hydrogen-bond donors (Lipinski definition) is 0. The Kier molecular flexibility index (Phi) is 7.30. The second kappa shape index (κ2) is 11.1. The molecule has 0 spiro atoms. The second-order valence-corrected chi connectivity index (χ2v) is 9.10. The van der Waals surface area contributed by atoms with Gasteiger partial charge in [-0.1, -0.05) is 54.1 Å². The molecule has 0 saturated carbocycles. The maximum absolute atomic E-state index is 11.6. The number of hydrogen-bond acceptors (Lipinski definition) is 6. The third-order valence-corrected chi connectivity index (χ3v) is 6.51. The lowest BCUT2D eigenvalue weighted by Gasteiger charge is -2.15. The van der Waals surface area contributed by atoms with E-state index in [1.807, 2.05) is 61.5 Å². The number of ether oxygens (including phenoxy) is 2. The molecule has 0 aliphatic carbocycles. The Labute approximate surface area is 225 Å². The van der Waals surface area contributed by atoms with E-state index in [-0.39, 0.29) is 13.2 Å². The van der Waals surface area contributed by atoms with Crippen molar-refractivity contribution in [3.05, 3.63) is 118 Å². The van der Waals surface area contributed by atoms with Crippen LogP contribution < -0.4 is 9.47 Å². The van der Waals surface area contributed by atoms with Crippen LogP contribution in [0.3, 0.4) is 0 Å². The summed E-state index contributed by atoms with van der Waals surface area (Å²) in [6, 6.07) is 25.0. The summed E-state index contributed by atoms with van der Waals surface area (Å²) >= 11 is 6.43. The van der Waals surface area contributed by atoms with Gasteiger partial charge >= 0.3 is 0 Å². The minimum absolute atomic E-state index is 0.129. The lowest BCUT2D eigenvalue weighted by atomic mass is 9.99. The van der Waals surface area contributed by atoms with E-state index in [1.165, 1.54) is 12.3 Å². The SMILES string of the molecule is Cc1c(COc2cc(OCc3cncc(C#N)c3)c(C=O)cc2Cl)cccc1-c1ccc2ccccc2n1.